The fourth-order valence-electron chi connectivity index (χ4n) is 8.77. The number of hydrogen-bond acceptors (Lipinski definition) is 4. The van der Waals surface area contributed by atoms with E-state index in [4.69, 9.17) is 0 Å². The fraction of sp³-hybridized carbons (Fsp3) is 0.857. The zero-order chi connectivity index (χ0) is 23.3. The number of nitrogens with zero attached hydrogens (tertiary/aromatic N) is 1. The average Bonchev–Trinajstić information content (AvgIpc) is 3.11. The molecule has 4 heteroatoms. The Kier molecular flexibility index (Phi) is 6.66. The van der Waals surface area contributed by atoms with Crippen molar-refractivity contribution in [3.05, 3.63) is 11.6 Å². The predicted octanol–water partition coefficient (Wildman–Crippen LogP) is 6.40. The zero-order valence-electron chi connectivity index (χ0n) is 20.9. The molecule has 0 aromatic rings. The number of allylic oxidation sites excluding steroid dienone is 1. The third-order valence-corrected chi connectivity index (χ3v) is 10.8. The largest absolute Gasteiger partial charge is 0.411 e. The quantitative estimate of drug-likeness (QED) is 0.369. The van der Waals surface area contributed by atoms with Crippen LogP contribution in [-0.2, 0) is 4.79 Å². The highest BCUT2D eigenvalue weighted by Crippen LogP contribution is 2.66. The molecule has 3 fully saturated rings. The van der Waals surface area contributed by atoms with Crippen molar-refractivity contribution < 1.29 is 15.1 Å². The number of carbonyl (C=O) groups is 1. The van der Waals surface area contributed by atoms with Gasteiger partial charge in [0.05, 0.1) is 11.8 Å². The Morgan fingerprint density at radius 2 is 1.88 bits per heavy atom. The molecule has 4 aliphatic rings. The molecule has 32 heavy (non-hydrogen) atoms. The third kappa shape index (κ3) is 3.79. The van der Waals surface area contributed by atoms with Gasteiger partial charge in [0.2, 0.25) is 0 Å². The molecule has 3 unspecified atom stereocenters. The molecule has 0 radical (unpaired) electrons. The Bertz CT molecular complexity index is 786. The second-order valence-electron chi connectivity index (χ2n) is 12.4. The molecule has 8 atom stereocenters. The normalized spacial score (nSPS) is 42.3. The summed E-state index contributed by atoms with van der Waals surface area (Å²) in [7, 11) is 0. The van der Waals surface area contributed by atoms with E-state index >= 15 is 0 Å². The first-order valence-corrected chi connectivity index (χ1v) is 13.3. The van der Waals surface area contributed by atoms with Crippen LogP contribution >= 0.6 is 0 Å². The minimum absolute atomic E-state index is 0.0535. The molecule has 4 rings (SSSR count). The lowest BCUT2D eigenvalue weighted by Crippen LogP contribution is -2.53. The minimum Gasteiger partial charge on any atom is -0.411 e. The molecule has 0 spiro atoms. The summed E-state index contributed by atoms with van der Waals surface area (Å²) in [5, 5.41) is 24.9. The molecular formula is C28H45NO3. The van der Waals surface area contributed by atoms with Crippen LogP contribution in [0.4, 0.5) is 0 Å². The number of hydrogen-bond donors (Lipinski definition) is 2. The van der Waals surface area contributed by atoms with Crippen LogP contribution in [0.2, 0.25) is 0 Å². The Labute approximate surface area is 194 Å². The fourth-order valence-corrected chi connectivity index (χ4v) is 8.77. The van der Waals surface area contributed by atoms with Crippen molar-refractivity contribution >= 4 is 11.5 Å². The Morgan fingerprint density at radius 3 is 2.53 bits per heavy atom. The van der Waals surface area contributed by atoms with E-state index in [-0.39, 0.29) is 22.7 Å². The lowest BCUT2D eigenvalue weighted by Gasteiger charge is -2.58. The van der Waals surface area contributed by atoms with E-state index in [0.717, 1.165) is 49.8 Å². The van der Waals surface area contributed by atoms with Crippen LogP contribution in [0.15, 0.2) is 16.8 Å². The van der Waals surface area contributed by atoms with Crippen molar-refractivity contribution in [1.82, 2.24) is 0 Å². The molecule has 3 saturated carbocycles. The smallest absolute Gasteiger partial charge is 0.156 e. The summed E-state index contributed by atoms with van der Waals surface area (Å²) in [6.45, 7) is 11.6. The molecule has 4 nitrogen and oxygen atoms in total. The summed E-state index contributed by atoms with van der Waals surface area (Å²) < 4.78 is 0. The SMILES string of the molecule is CC[C@H](CC[C@@H](O)[C@H]1CCC2C3C/C(=N/O)C4=CC(=O)CC[C@]4(C)C3CC[C@@]21C)C(C)C. The number of carbonyl (C=O) groups excluding carboxylic acids is 1. The number of ketones is 1. The maximum Gasteiger partial charge on any atom is 0.156 e. The molecule has 180 valence electrons. The molecule has 2 N–H and O–H groups in total. The molecular weight excluding hydrogens is 398 g/mol. The first kappa shape index (κ1) is 24.0. The Morgan fingerprint density at radius 1 is 1.12 bits per heavy atom. The Hall–Kier alpha value is -1.16. The van der Waals surface area contributed by atoms with Gasteiger partial charge in [-0.05, 0) is 109 Å². The van der Waals surface area contributed by atoms with Crippen LogP contribution in [0.1, 0.15) is 98.8 Å². The van der Waals surface area contributed by atoms with E-state index in [1.54, 1.807) is 6.08 Å². The van der Waals surface area contributed by atoms with Gasteiger partial charge in [0, 0.05) is 6.42 Å². The van der Waals surface area contributed by atoms with Gasteiger partial charge >= 0.3 is 0 Å². The van der Waals surface area contributed by atoms with Gasteiger partial charge in [-0.2, -0.15) is 0 Å². The highest BCUT2D eigenvalue weighted by Gasteiger charge is 2.61. The summed E-state index contributed by atoms with van der Waals surface area (Å²) in [4.78, 5) is 12.2. The lowest BCUT2D eigenvalue weighted by atomic mass is 9.46. The highest BCUT2D eigenvalue weighted by molar-refractivity contribution is 6.08. The standard InChI is InChI=1S/C28H45NO3/c1-6-18(17(2)3)7-10-26(31)23-9-8-21-20-16-25(29-32)24-15-19(30)11-13-28(24,5)22(20)12-14-27(21,23)4/h15,17-18,20-23,26,31-32H,6-14,16H2,1-5H3/b29-25-/t18-,20?,21?,22?,23-,26-,27+,28-/m1/s1. The summed E-state index contributed by atoms with van der Waals surface area (Å²) in [6.07, 6.45) is 11.7. The highest BCUT2D eigenvalue weighted by atomic mass is 16.4. The molecule has 4 aliphatic carbocycles. The van der Waals surface area contributed by atoms with Crippen LogP contribution in [0.5, 0.6) is 0 Å². The van der Waals surface area contributed by atoms with Gasteiger partial charge < -0.3 is 10.3 Å². The topological polar surface area (TPSA) is 69.9 Å². The second-order valence-corrected chi connectivity index (χ2v) is 12.4. The van der Waals surface area contributed by atoms with Crippen molar-refractivity contribution in [3.8, 4) is 0 Å². The second kappa shape index (κ2) is 8.89. The first-order valence-electron chi connectivity index (χ1n) is 13.3. The molecule has 0 aliphatic heterocycles. The number of aliphatic hydroxyl groups is 1. The zero-order valence-corrected chi connectivity index (χ0v) is 20.9. The number of fused-ring (bicyclic) bond motifs is 5. The van der Waals surface area contributed by atoms with E-state index in [0.29, 0.717) is 41.9 Å². The van der Waals surface area contributed by atoms with Gasteiger partial charge in [-0.25, -0.2) is 0 Å². The van der Waals surface area contributed by atoms with Gasteiger partial charge in [-0.3, -0.25) is 4.79 Å². The van der Waals surface area contributed by atoms with Gasteiger partial charge in [0.25, 0.3) is 0 Å². The predicted molar refractivity (Wildman–Crippen MR) is 129 cm³/mol. The van der Waals surface area contributed by atoms with Crippen LogP contribution in [0, 0.1) is 46.3 Å². The number of aliphatic hydroxyl groups excluding tert-OH is 1. The first-order chi connectivity index (χ1) is 15.2. The van der Waals surface area contributed by atoms with Crippen LogP contribution in [0.25, 0.3) is 0 Å². The molecule has 0 saturated heterocycles. The number of oxime groups is 1. The van der Waals surface area contributed by atoms with Crippen LogP contribution < -0.4 is 0 Å². The lowest BCUT2D eigenvalue weighted by molar-refractivity contribution is -0.117. The van der Waals surface area contributed by atoms with Gasteiger partial charge in [0.15, 0.2) is 5.78 Å². The van der Waals surface area contributed by atoms with Crippen molar-refractivity contribution in [2.45, 2.75) is 105 Å². The van der Waals surface area contributed by atoms with E-state index < -0.39 is 0 Å². The molecule has 0 aromatic carbocycles. The molecule has 0 bridgehead atoms. The van der Waals surface area contributed by atoms with Crippen molar-refractivity contribution in [3.63, 3.8) is 0 Å². The molecule has 0 heterocycles. The Balaban J connectivity index is 1.54. The summed E-state index contributed by atoms with van der Waals surface area (Å²) >= 11 is 0. The van der Waals surface area contributed by atoms with Crippen LogP contribution in [-0.4, -0.2) is 27.9 Å². The van der Waals surface area contributed by atoms with E-state index in [1.165, 1.54) is 19.3 Å². The third-order valence-electron chi connectivity index (χ3n) is 10.8. The van der Waals surface area contributed by atoms with E-state index in [9.17, 15) is 15.1 Å². The van der Waals surface area contributed by atoms with Gasteiger partial charge in [-0.1, -0.05) is 46.2 Å². The van der Waals surface area contributed by atoms with Crippen LogP contribution in [0.3, 0.4) is 0 Å². The maximum absolute atomic E-state index is 12.2. The van der Waals surface area contributed by atoms with Gasteiger partial charge in [-0.15, -0.1) is 0 Å². The van der Waals surface area contributed by atoms with Crippen molar-refractivity contribution in [1.29, 1.82) is 0 Å². The summed E-state index contributed by atoms with van der Waals surface area (Å²) in [5.74, 6) is 3.54. The monoisotopic (exact) mass is 443 g/mol. The average molecular weight is 444 g/mol. The van der Waals surface area contributed by atoms with E-state index in [2.05, 4.69) is 39.8 Å². The van der Waals surface area contributed by atoms with Crippen molar-refractivity contribution in [2.75, 3.05) is 0 Å². The molecule has 0 aromatic heterocycles. The van der Waals surface area contributed by atoms with Gasteiger partial charge in [0.1, 0.15) is 0 Å². The number of rotatable bonds is 6. The maximum atomic E-state index is 12.2. The van der Waals surface area contributed by atoms with Crippen molar-refractivity contribution in [2.24, 2.45) is 51.5 Å². The molecule has 0 amide bonds. The minimum atomic E-state index is -0.206. The van der Waals surface area contributed by atoms with E-state index in [1.807, 2.05) is 0 Å². The summed E-state index contributed by atoms with van der Waals surface area (Å²) in [6, 6.07) is 0. The summed E-state index contributed by atoms with van der Waals surface area (Å²) in [5.41, 5.74) is 1.87.